The van der Waals surface area contributed by atoms with Gasteiger partial charge in [-0.15, -0.1) is 0 Å². The number of carbonyl (C=O) groups is 2. The van der Waals surface area contributed by atoms with Crippen LogP contribution in [0.4, 0.5) is 0 Å². The average Bonchev–Trinajstić information content (AvgIpc) is 3.09. The summed E-state index contributed by atoms with van der Waals surface area (Å²) in [6.45, 7) is 8.90. The fourth-order valence-electron chi connectivity index (χ4n) is 6.87. The standard InChI is InChI=1S/C45H88O5/c1-41(2)35-31-27-23-19-15-11-7-5-9-13-17-21-25-29-33-37-44(47)49-40-43(39-46)50-45(48)38-34-30-26-22-18-14-10-6-8-12-16-20-24-28-32-36-42(3)4/h41-43,46H,5-40H2,1-4H3/t43-/m0/s1. The molecule has 298 valence electrons. The van der Waals surface area contributed by atoms with Gasteiger partial charge in [0.15, 0.2) is 6.10 Å². The van der Waals surface area contributed by atoms with Gasteiger partial charge >= 0.3 is 11.9 Å². The van der Waals surface area contributed by atoms with Crippen LogP contribution >= 0.6 is 0 Å². The molecule has 0 amide bonds. The summed E-state index contributed by atoms with van der Waals surface area (Å²) in [5.41, 5.74) is 0. The Balaban J connectivity index is 3.47. The summed E-state index contributed by atoms with van der Waals surface area (Å²) in [5, 5.41) is 9.59. The van der Waals surface area contributed by atoms with E-state index >= 15 is 0 Å². The lowest BCUT2D eigenvalue weighted by Crippen LogP contribution is -2.28. The molecule has 0 fully saturated rings. The van der Waals surface area contributed by atoms with Gasteiger partial charge in [-0.05, 0) is 24.7 Å². The van der Waals surface area contributed by atoms with Crippen LogP contribution in [-0.4, -0.2) is 36.4 Å². The summed E-state index contributed by atoms with van der Waals surface area (Å²) >= 11 is 0. The molecule has 0 rings (SSSR count). The van der Waals surface area contributed by atoms with Crippen LogP contribution in [0, 0.1) is 11.8 Å². The normalized spacial score (nSPS) is 12.2. The number of hydrogen-bond donors (Lipinski definition) is 1. The Morgan fingerprint density at radius 3 is 0.940 bits per heavy atom. The van der Waals surface area contributed by atoms with Crippen LogP contribution in [0.1, 0.15) is 246 Å². The quantitative estimate of drug-likeness (QED) is 0.0507. The summed E-state index contributed by atoms with van der Waals surface area (Å²) in [5.74, 6) is 1.14. The van der Waals surface area contributed by atoms with Crippen LogP contribution in [-0.2, 0) is 19.1 Å². The van der Waals surface area contributed by atoms with Gasteiger partial charge in [0, 0.05) is 12.8 Å². The topological polar surface area (TPSA) is 72.8 Å². The molecule has 0 saturated heterocycles. The van der Waals surface area contributed by atoms with Gasteiger partial charge in [0.1, 0.15) is 6.61 Å². The minimum absolute atomic E-state index is 0.0577. The van der Waals surface area contributed by atoms with Crippen molar-refractivity contribution in [3.05, 3.63) is 0 Å². The third kappa shape index (κ3) is 39.7. The van der Waals surface area contributed by atoms with E-state index in [0.717, 1.165) is 43.9 Å². The van der Waals surface area contributed by atoms with Crippen LogP contribution in [0.15, 0.2) is 0 Å². The largest absolute Gasteiger partial charge is 0.462 e. The third-order valence-electron chi connectivity index (χ3n) is 10.3. The van der Waals surface area contributed by atoms with E-state index in [1.807, 2.05) is 0 Å². The van der Waals surface area contributed by atoms with E-state index in [4.69, 9.17) is 9.47 Å². The van der Waals surface area contributed by atoms with Crippen LogP contribution in [0.25, 0.3) is 0 Å². The second-order valence-corrected chi connectivity index (χ2v) is 16.4. The Morgan fingerprint density at radius 2 is 0.660 bits per heavy atom. The van der Waals surface area contributed by atoms with Crippen molar-refractivity contribution in [3.8, 4) is 0 Å². The first-order chi connectivity index (χ1) is 24.3. The smallest absolute Gasteiger partial charge is 0.306 e. The van der Waals surface area contributed by atoms with Crippen molar-refractivity contribution in [2.75, 3.05) is 13.2 Å². The van der Waals surface area contributed by atoms with Gasteiger partial charge in [-0.3, -0.25) is 9.59 Å². The number of aliphatic hydroxyl groups is 1. The van der Waals surface area contributed by atoms with E-state index in [0.29, 0.717) is 12.8 Å². The molecule has 0 unspecified atom stereocenters. The molecular formula is C45H88O5. The summed E-state index contributed by atoms with van der Waals surface area (Å²) in [6.07, 6.45) is 41.7. The van der Waals surface area contributed by atoms with E-state index in [-0.39, 0.29) is 25.2 Å². The molecular weight excluding hydrogens is 620 g/mol. The maximum Gasteiger partial charge on any atom is 0.306 e. The lowest BCUT2D eigenvalue weighted by Gasteiger charge is -2.15. The summed E-state index contributed by atoms with van der Waals surface area (Å²) < 4.78 is 10.7. The fourth-order valence-corrected chi connectivity index (χ4v) is 6.87. The minimum atomic E-state index is -0.763. The molecule has 5 heteroatoms. The zero-order valence-electron chi connectivity index (χ0n) is 34.3. The summed E-state index contributed by atoms with van der Waals surface area (Å²) in [4.78, 5) is 24.3. The van der Waals surface area contributed by atoms with Crippen LogP contribution < -0.4 is 0 Å². The Labute approximate surface area is 312 Å². The monoisotopic (exact) mass is 709 g/mol. The fraction of sp³-hybridized carbons (Fsp3) is 0.956. The molecule has 0 aliphatic carbocycles. The molecule has 1 atom stereocenters. The Hall–Kier alpha value is -1.10. The van der Waals surface area contributed by atoms with E-state index in [1.54, 1.807) is 0 Å². The van der Waals surface area contributed by atoms with E-state index in [2.05, 4.69) is 27.7 Å². The van der Waals surface area contributed by atoms with Gasteiger partial charge in [-0.25, -0.2) is 0 Å². The lowest BCUT2D eigenvalue weighted by atomic mass is 10.0. The molecule has 0 radical (unpaired) electrons. The lowest BCUT2D eigenvalue weighted by molar-refractivity contribution is -0.161. The van der Waals surface area contributed by atoms with Crippen LogP contribution in [0.3, 0.4) is 0 Å². The molecule has 0 bridgehead atoms. The number of aliphatic hydroxyl groups excluding tert-OH is 1. The highest BCUT2D eigenvalue weighted by Gasteiger charge is 2.16. The molecule has 0 aromatic carbocycles. The zero-order chi connectivity index (χ0) is 36.8. The van der Waals surface area contributed by atoms with Crippen molar-refractivity contribution in [2.45, 2.75) is 252 Å². The number of rotatable bonds is 40. The van der Waals surface area contributed by atoms with Crippen LogP contribution in [0.2, 0.25) is 0 Å². The number of hydrogen-bond acceptors (Lipinski definition) is 5. The number of ether oxygens (including phenoxy) is 2. The van der Waals surface area contributed by atoms with E-state index in [9.17, 15) is 14.7 Å². The first kappa shape index (κ1) is 48.9. The van der Waals surface area contributed by atoms with Crippen molar-refractivity contribution in [3.63, 3.8) is 0 Å². The van der Waals surface area contributed by atoms with Gasteiger partial charge in [-0.2, -0.15) is 0 Å². The van der Waals surface area contributed by atoms with Gasteiger partial charge in [0.05, 0.1) is 6.61 Å². The number of carbonyl (C=O) groups excluding carboxylic acids is 2. The Kier molecular flexibility index (Phi) is 38.3. The highest BCUT2D eigenvalue weighted by atomic mass is 16.6. The molecule has 5 nitrogen and oxygen atoms in total. The molecule has 0 spiro atoms. The Bertz CT molecular complexity index is 706. The van der Waals surface area contributed by atoms with Crippen molar-refractivity contribution in [2.24, 2.45) is 11.8 Å². The maximum absolute atomic E-state index is 12.2. The first-order valence-electron chi connectivity index (χ1n) is 22.3. The highest BCUT2D eigenvalue weighted by Crippen LogP contribution is 2.17. The molecule has 0 heterocycles. The van der Waals surface area contributed by atoms with Gasteiger partial charge in [-0.1, -0.05) is 220 Å². The Morgan fingerprint density at radius 1 is 0.400 bits per heavy atom. The van der Waals surface area contributed by atoms with Crippen LogP contribution in [0.5, 0.6) is 0 Å². The molecule has 0 aromatic rings. The molecule has 0 aliphatic rings. The SMILES string of the molecule is CC(C)CCCCCCCCCCCCCCCCCC(=O)OC[C@H](CO)OC(=O)CCCCCCCCCCCCCCCCCC(C)C. The van der Waals surface area contributed by atoms with Gasteiger partial charge < -0.3 is 14.6 Å². The number of unbranched alkanes of at least 4 members (excludes halogenated alkanes) is 28. The molecule has 0 aromatic heterocycles. The molecule has 1 N–H and O–H groups in total. The molecule has 0 saturated carbocycles. The van der Waals surface area contributed by atoms with Crippen molar-refractivity contribution < 1.29 is 24.2 Å². The van der Waals surface area contributed by atoms with E-state index < -0.39 is 6.10 Å². The van der Waals surface area contributed by atoms with E-state index in [1.165, 1.54) is 173 Å². The zero-order valence-corrected chi connectivity index (χ0v) is 34.3. The predicted molar refractivity (Wildman–Crippen MR) is 215 cm³/mol. The minimum Gasteiger partial charge on any atom is -0.462 e. The van der Waals surface area contributed by atoms with Gasteiger partial charge in [0.2, 0.25) is 0 Å². The first-order valence-corrected chi connectivity index (χ1v) is 22.3. The number of esters is 2. The molecule has 0 aliphatic heterocycles. The van der Waals surface area contributed by atoms with Crippen molar-refractivity contribution in [1.82, 2.24) is 0 Å². The third-order valence-corrected chi connectivity index (χ3v) is 10.3. The van der Waals surface area contributed by atoms with Gasteiger partial charge in [0.25, 0.3) is 0 Å². The highest BCUT2D eigenvalue weighted by molar-refractivity contribution is 5.70. The second kappa shape index (κ2) is 39.1. The summed E-state index contributed by atoms with van der Waals surface area (Å²) in [7, 11) is 0. The second-order valence-electron chi connectivity index (χ2n) is 16.4. The average molecular weight is 709 g/mol. The summed E-state index contributed by atoms with van der Waals surface area (Å²) in [6, 6.07) is 0. The predicted octanol–water partition coefficient (Wildman–Crippen LogP) is 14.0. The maximum atomic E-state index is 12.2. The molecule has 50 heavy (non-hydrogen) atoms. The van der Waals surface area contributed by atoms with Crippen molar-refractivity contribution in [1.29, 1.82) is 0 Å². The van der Waals surface area contributed by atoms with Crippen molar-refractivity contribution >= 4 is 11.9 Å².